The zero-order chi connectivity index (χ0) is 21.2. The van der Waals surface area contributed by atoms with Crippen molar-refractivity contribution in [1.29, 1.82) is 0 Å². The van der Waals surface area contributed by atoms with Crippen molar-refractivity contribution in [3.63, 3.8) is 0 Å². The van der Waals surface area contributed by atoms with Crippen molar-refractivity contribution in [2.24, 2.45) is 5.92 Å². The molecule has 29 heavy (non-hydrogen) atoms. The second-order valence-corrected chi connectivity index (χ2v) is 8.79. The molecule has 0 radical (unpaired) electrons. The predicted molar refractivity (Wildman–Crippen MR) is 105 cm³/mol. The largest absolute Gasteiger partial charge is 0.352 e. The van der Waals surface area contributed by atoms with E-state index >= 15 is 0 Å². The molecule has 2 aromatic rings. The van der Waals surface area contributed by atoms with Crippen LogP contribution in [0.1, 0.15) is 18.1 Å². The fourth-order valence-corrected chi connectivity index (χ4v) is 4.67. The molecule has 0 aromatic heterocycles. The highest BCUT2D eigenvalue weighted by Crippen LogP contribution is 2.22. The van der Waals surface area contributed by atoms with Crippen molar-refractivity contribution >= 4 is 21.6 Å². The molecule has 1 saturated heterocycles. The van der Waals surface area contributed by atoms with Crippen LogP contribution in [0.25, 0.3) is 0 Å². The van der Waals surface area contributed by atoms with Crippen molar-refractivity contribution in [1.82, 2.24) is 16.2 Å². The third kappa shape index (κ3) is 4.89. The highest BCUT2D eigenvalue weighted by Gasteiger charge is 2.46. The second kappa shape index (κ2) is 8.44. The van der Waals surface area contributed by atoms with Gasteiger partial charge in [-0.05, 0) is 32.0 Å². The van der Waals surface area contributed by atoms with E-state index in [1.807, 2.05) is 6.92 Å². The predicted octanol–water partition coefficient (Wildman–Crippen LogP) is 1.77. The average molecular weight is 424 g/mol. The number of hydrazine groups is 1. The quantitative estimate of drug-likeness (QED) is 0.567. The van der Waals surface area contributed by atoms with Crippen molar-refractivity contribution < 1.29 is 22.0 Å². The van der Waals surface area contributed by atoms with Gasteiger partial charge >= 0.3 is 0 Å². The number of nitrogens with one attached hydrogen (secondary N) is 4. The minimum Gasteiger partial charge on any atom is -0.352 e. The van der Waals surface area contributed by atoms with E-state index in [2.05, 4.69) is 20.9 Å². The molecule has 1 amide bonds. The standard InChI is InChI=1S/C19H22F2N4O3S/c1-11-3-7-15(8-4-11)25-29(27,28)19-17(12(2)23-24-19)18(26)22-10-13-5-6-14(20)9-16(13)21/h3-9,12,17,19,23-25H,10H2,1-2H3,(H,22,26). The van der Waals surface area contributed by atoms with E-state index in [-0.39, 0.29) is 12.1 Å². The number of carbonyl (C=O) groups excluding carboxylic acids is 1. The van der Waals surface area contributed by atoms with Crippen LogP contribution < -0.4 is 20.9 Å². The third-order valence-electron chi connectivity index (χ3n) is 4.74. The number of carbonyl (C=O) groups is 1. The molecule has 2 aromatic carbocycles. The fraction of sp³-hybridized carbons (Fsp3) is 0.316. The summed E-state index contributed by atoms with van der Waals surface area (Å²) in [6, 6.07) is 9.34. The van der Waals surface area contributed by atoms with Gasteiger partial charge in [0.1, 0.15) is 11.6 Å². The first-order chi connectivity index (χ1) is 13.7. The molecule has 0 aliphatic carbocycles. The molecular weight excluding hydrogens is 402 g/mol. The highest BCUT2D eigenvalue weighted by atomic mass is 32.2. The van der Waals surface area contributed by atoms with Gasteiger partial charge in [-0.3, -0.25) is 14.9 Å². The van der Waals surface area contributed by atoms with Crippen LogP contribution in [-0.4, -0.2) is 25.7 Å². The minimum absolute atomic E-state index is 0.100. The molecule has 1 heterocycles. The Balaban J connectivity index is 1.72. The SMILES string of the molecule is Cc1ccc(NS(=O)(=O)C2NNC(C)C2C(=O)NCc2ccc(F)cc2F)cc1. The zero-order valence-electron chi connectivity index (χ0n) is 15.9. The number of rotatable bonds is 6. The molecular formula is C19H22F2N4O3S. The van der Waals surface area contributed by atoms with Gasteiger partial charge < -0.3 is 5.32 Å². The summed E-state index contributed by atoms with van der Waals surface area (Å²) in [4.78, 5) is 12.7. The Labute approximate surface area is 167 Å². The second-order valence-electron chi connectivity index (χ2n) is 6.99. The first kappa shape index (κ1) is 21.2. The Morgan fingerprint density at radius 1 is 1.10 bits per heavy atom. The van der Waals surface area contributed by atoms with E-state index in [4.69, 9.17) is 0 Å². The third-order valence-corrected chi connectivity index (χ3v) is 6.33. The van der Waals surface area contributed by atoms with Crippen LogP contribution in [0, 0.1) is 24.5 Å². The lowest BCUT2D eigenvalue weighted by molar-refractivity contribution is -0.125. The number of anilines is 1. The van der Waals surface area contributed by atoms with Crippen LogP contribution >= 0.6 is 0 Å². The molecule has 10 heteroatoms. The molecule has 0 saturated carbocycles. The molecule has 3 rings (SSSR count). The number of aryl methyl sites for hydroxylation is 1. The van der Waals surface area contributed by atoms with E-state index < -0.39 is 44.9 Å². The summed E-state index contributed by atoms with van der Waals surface area (Å²) in [6.45, 7) is 3.36. The molecule has 1 aliphatic rings. The van der Waals surface area contributed by atoms with E-state index in [9.17, 15) is 22.0 Å². The van der Waals surface area contributed by atoms with Gasteiger partial charge in [0, 0.05) is 29.9 Å². The first-order valence-corrected chi connectivity index (χ1v) is 10.5. The van der Waals surface area contributed by atoms with Crippen LogP contribution in [-0.2, 0) is 21.4 Å². The van der Waals surface area contributed by atoms with Gasteiger partial charge in [-0.15, -0.1) is 0 Å². The van der Waals surface area contributed by atoms with Gasteiger partial charge in [0.25, 0.3) is 10.0 Å². The Bertz CT molecular complexity index is 999. The van der Waals surface area contributed by atoms with Crippen LogP contribution in [0.4, 0.5) is 14.5 Å². The molecule has 0 bridgehead atoms. The Kier molecular flexibility index (Phi) is 6.15. The van der Waals surface area contributed by atoms with Gasteiger partial charge in [0.2, 0.25) is 5.91 Å². The van der Waals surface area contributed by atoms with Gasteiger partial charge in [0.05, 0.1) is 5.92 Å². The molecule has 3 atom stereocenters. The summed E-state index contributed by atoms with van der Waals surface area (Å²) in [6.07, 6.45) is 0. The zero-order valence-corrected chi connectivity index (χ0v) is 16.7. The molecule has 1 aliphatic heterocycles. The van der Waals surface area contributed by atoms with Gasteiger partial charge in [-0.1, -0.05) is 23.8 Å². The molecule has 0 spiro atoms. The maximum Gasteiger partial charge on any atom is 0.250 e. The van der Waals surface area contributed by atoms with E-state index in [1.165, 1.54) is 6.07 Å². The maximum absolute atomic E-state index is 13.8. The Morgan fingerprint density at radius 3 is 2.45 bits per heavy atom. The monoisotopic (exact) mass is 424 g/mol. The van der Waals surface area contributed by atoms with Crippen molar-refractivity contribution in [3.05, 3.63) is 65.2 Å². The van der Waals surface area contributed by atoms with Crippen LogP contribution in [0.5, 0.6) is 0 Å². The number of benzene rings is 2. The van der Waals surface area contributed by atoms with Gasteiger partial charge in [-0.25, -0.2) is 22.6 Å². The maximum atomic E-state index is 13.8. The lowest BCUT2D eigenvalue weighted by Gasteiger charge is -2.21. The van der Waals surface area contributed by atoms with Gasteiger partial charge in [-0.2, -0.15) is 0 Å². The van der Waals surface area contributed by atoms with Crippen molar-refractivity contribution in [2.75, 3.05) is 4.72 Å². The topological polar surface area (TPSA) is 99.3 Å². The molecule has 156 valence electrons. The summed E-state index contributed by atoms with van der Waals surface area (Å²) >= 11 is 0. The summed E-state index contributed by atoms with van der Waals surface area (Å²) in [5.41, 5.74) is 6.87. The average Bonchev–Trinajstić information content (AvgIpc) is 3.05. The van der Waals surface area contributed by atoms with Gasteiger partial charge in [0.15, 0.2) is 5.37 Å². The fourth-order valence-electron chi connectivity index (χ4n) is 3.11. The number of sulfonamides is 1. The number of amides is 1. The smallest absolute Gasteiger partial charge is 0.250 e. The molecule has 1 fully saturated rings. The summed E-state index contributed by atoms with van der Waals surface area (Å²) in [5, 5.41) is 1.29. The first-order valence-electron chi connectivity index (χ1n) is 8.98. The van der Waals surface area contributed by atoms with Crippen LogP contribution in [0.3, 0.4) is 0 Å². The normalized spacial score (nSPS) is 21.7. The van der Waals surface area contributed by atoms with E-state index in [0.717, 1.165) is 17.7 Å². The van der Waals surface area contributed by atoms with Crippen molar-refractivity contribution in [2.45, 2.75) is 31.8 Å². The van der Waals surface area contributed by atoms with Crippen LogP contribution in [0.15, 0.2) is 42.5 Å². The highest BCUT2D eigenvalue weighted by molar-refractivity contribution is 7.93. The molecule has 4 N–H and O–H groups in total. The number of hydrogen-bond donors (Lipinski definition) is 4. The summed E-state index contributed by atoms with van der Waals surface area (Å²) < 4.78 is 54.9. The lowest BCUT2D eigenvalue weighted by atomic mass is 10.0. The lowest BCUT2D eigenvalue weighted by Crippen LogP contribution is -2.47. The summed E-state index contributed by atoms with van der Waals surface area (Å²) in [5.74, 6) is -3.05. The van der Waals surface area contributed by atoms with Crippen molar-refractivity contribution in [3.8, 4) is 0 Å². The minimum atomic E-state index is -3.96. The van der Waals surface area contributed by atoms with E-state index in [1.54, 1.807) is 31.2 Å². The Morgan fingerprint density at radius 2 is 1.79 bits per heavy atom. The molecule has 7 nitrogen and oxygen atoms in total. The van der Waals surface area contributed by atoms with E-state index in [0.29, 0.717) is 5.69 Å². The summed E-state index contributed by atoms with van der Waals surface area (Å²) in [7, 11) is -3.96. The Hall–Kier alpha value is -2.56. The number of hydrogen-bond acceptors (Lipinski definition) is 5. The van der Waals surface area contributed by atoms with Crippen LogP contribution in [0.2, 0.25) is 0 Å². The number of halogens is 2. The molecule has 3 unspecified atom stereocenters.